The molecule has 1 atom stereocenters. The third-order valence-electron chi connectivity index (χ3n) is 2.27. The quantitative estimate of drug-likeness (QED) is 0.841. The first-order valence-electron chi connectivity index (χ1n) is 4.59. The number of hydrogen-bond donors (Lipinski definition) is 1. The van der Waals surface area contributed by atoms with E-state index in [1.54, 1.807) is 29.9 Å². The molecule has 2 rings (SSSR count). The van der Waals surface area contributed by atoms with Crippen molar-refractivity contribution in [3.63, 3.8) is 0 Å². The van der Waals surface area contributed by atoms with Crippen LogP contribution in [0.2, 0.25) is 0 Å². The zero-order valence-corrected chi connectivity index (χ0v) is 8.75. The van der Waals surface area contributed by atoms with Crippen molar-refractivity contribution < 1.29 is 9.52 Å². The molecule has 2 nitrogen and oxygen atoms in total. The van der Waals surface area contributed by atoms with Gasteiger partial charge in [0, 0.05) is 10.4 Å². The van der Waals surface area contributed by atoms with Crippen LogP contribution in [0.1, 0.15) is 29.0 Å². The first kappa shape index (κ1) is 9.49. The largest absolute Gasteiger partial charge is 0.472 e. The van der Waals surface area contributed by atoms with Gasteiger partial charge in [0.1, 0.15) is 6.10 Å². The predicted molar refractivity (Wildman–Crippen MR) is 56.5 cm³/mol. The molecular weight excluding hydrogens is 196 g/mol. The maximum absolute atomic E-state index is 10.0. The lowest BCUT2D eigenvalue weighted by molar-refractivity contribution is 0.222. The summed E-state index contributed by atoms with van der Waals surface area (Å²) in [4.78, 5) is 1.02. The molecule has 1 unspecified atom stereocenters. The van der Waals surface area contributed by atoms with Gasteiger partial charge in [-0.3, -0.25) is 0 Å². The zero-order valence-electron chi connectivity index (χ0n) is 7.93. The van der Waals surface area contributed by atoms with E-state index in [1.807, 2.05) is 5.38 Å². The third kappa shape index (κ3) is 1.61. The predicted octanol–water partition coefficient (Wildman–Crippen LogP) is 2.99. The van der Waals surface area contributed by atoms with Gasteiger partial charge in [0.2, 0.25) is 0 Å². The van der Waals surface area contributed by atoms with Gasteiger partial charge in [-0.15, -0.1) is 11.3 Å². The smallest absolute Gasteiger partial charge is 0.117 e. The van der Waals surface area contributed by atoms with E-state index in [0.717, 1.165) is 16.9 Å². The maximum atomic E-state index is 10.0. The van der Waals surface area contributed by atoms with E-state index in [4.69, 9.17) is 4.42 Å². The molecule has 0 aliphatic heterocycles. The Bertz CT molecular complexity index is 389. The molecule has 2 heterocycles. The minimum Gasteiger partial charge on any atom is -0.472 e. The highest BCUT2D eigenvalue weighted by Gasteiger charge is 2.15. The highest BCUT2D eigenvalue weighted by atomic mass is 32.1. The van der Waals surface area contributed by atoms with Crippen molar-refractivity contribution in [1.29, 1.82) is 0 Å². The minimum absolute atomic E-state index is 0.538. The van der Waals surface area contributed by atoms with Crippen LogP contribution in [-0.4, -0.2) is 5.11 Å². The molecule has 2 aromatic rings. The molecule has 0 radical (unpaired) electrons. The SMILES string of the molecule is CCc1ccsc1C(O)c1ccoc1. The molecule has 0 aromatic carbocycles. The monoisotopic (exact) mass is 208 g/mol. The number of aliphatic hydroxyl groups is 1. The molecule has 3 heteroatoms. The van der Waals surface area contributed by atoms with Crippen LogP contribution in [0.3, 0.4) is 0 Å². The lowest BCUT2D eigenvalue weighted by atomic mass is 10.1. The summed E-state index contributed by atoms with van der Waals surface area (Å²) in [5.74, 6) is 0. The molecule has 0 amide bonds. The van der Waals surface area contributed by atoms with Crippen molar-refractivity contribution in [1.82, 2.24) is 0 Å². The van der Waals surface area contributed by atoms with Crippen molar-refractivity contribution in [3.05, 3.63) is 46.0 Å². The number of thiophene rings is 1. The molecule has 1 N–H and O–H groups in total. The molecule has 2 aromatic heterocycles. The molecule has 0 saturated carbocycles. The summed E-state index contributed by atoms with van der Waals surface area (Å²) in [6.07, 6.45) is 3.58. The molecule has 74 valence electrons. The Morgan fingerprint density at radius 1 is 1.50 bits per heavy atom. The third-order valence-corrected chi connectivity index (χ3v) is 3.28. The van der Waals surface area contributed by atoms with Gasteiger partial charge < -0.3 is 9.52 Å². The topological polar surface area (TPSA) is 33.4 Å². The maximum Gasteiger partial charge on any atom is 0.117 e. The summed E-state index contributed by atoms with van der Waals surface area (Å²) in [6.45, 7) is 2.09. The summed E-state index contributed by atoms with van der Waals surface area (Å²) >= 11 is 1.59. The molecule has 0 bridgehead atoms. The van der Waals surface area contributed by atoms with Crippen molar-refractivity contribution in [2.75, 3.05) is 0 Å². The lowest BCUT2D eigenvalue weighted by Crippen LogP contribution is -1.98. The lowest BCUT2D eigenvalue weighted by Gasteiger charge is -2.07. The Morgan fingerprint density at radius 3 is 3.00 bits per heavy atom. The molecule has 14 heavy (non-hydrogen) atoms. The Kier molecular flexibility index (Phi) is 2.70. The number of furan rings is 1. The van der Waals surface area contributed by atoms with Gasteiger partial charge in [-0.2, -0.15) is 0 Å². The van der Waals surface area contributed by atoms with Crippen LogP contribution in [-0.2, 0) is 6.42 Å². The Morgan fingerprint density at radius 2 is 2.36 bits per heavy atom. The van der Waals surface area contributed by atoms with Gasteiger partial charge in [0.15, 0.2) is 0 Å². The summed E-state index contributed by atoms with van der Waals surface area (Å²) in [6, 6.07) is 3.85. The minimum atomic E-state index is -0.538. The number of aliphatic hydroxyl groups excluding tert-OH is 1. The second-order valence-electron chi connectivity index (χ2n) is 3.12. The fourth-order valence-corrected chi connectivity index (χ4v) is 2.47. The second-order valence-corrected chi connectivity index (χ2v) is 4.07. The van der Waals surface area contributed by atoms with Crippen LogP contribution in [0.15, 0.2) is 34.5 Å². The van der Waals surface area contributed by atoms with Gasteiger partial charge in [-0.1, -0.05) is 6.92 Å². The first-order chi connectivity index (χ1) is 6.83. The van der Waals surface area contributed by atoms with Crippen LogP contribution in [0.25, 0.3) is 0 Å². The van der Waals surface area contributed by atoms with Crippen LogP contribution in [0.4, 0.5) is 0 Å². The Labute approximate surface area is 86.8 Å². The van der Waals surface area contributed by atoms with E-state index in [-0.39, 0.29) is 0 Å². The van der Waals surface area contributed by atoms with Crippen LogP contribution >= 0.6 is 11.3 Å². The molecule has 0 saturated heterocycles. The van der Waals surface area contributed by atoms with Crippen molar-refractivity contribution in [2.24, 2.45) is 0 Å². The Hall–Kier alpha value is -1.06. The molecule has 0 aliphatic rings. The van der Waals surface area contributed by atoms with E-state index in [1.165, 1.54) is 5.56 Å². The van der Waals surface area contributed by atoms with Gasteiger partial charge in [-0.25, -0.2) is 0 Å². The van der Waals surface area contributed by atoms with E-state index in [9.17, 15) is 5.11 Å². The van der Waals surface area contributed by atoms with Gasteiger partial charge >= 0.3 is 0 Å². The van der Waals surface area contributed by atoms with Crippen molar-refractivity contribution in [2.45, 2.75) is 19.4 Å². The van der Waals surface area contributed by atoms with Gasteiger partial charge in [0.25, 0.3) is 0 Å². The normalized spacial score (nSPS) is 13.0. The van der Waals surface area contributed by atoms with Crippen LogP contribution in [0, 0.1) is 0 Å². The summed E-state index contributed by atoms with van der Waals surface area (Å²) in [7, 11) is 0. The molecule has 0 aliphatic carbocycles. The second kappa shape index (κ2) is 3.98. The highest BCUT2D eigenvalue weighted by Crippen LogP contribution is 2.30. The average Bonchev–Trinajstić information content (AvgIpc) is 2.87. The first-order valence-corrected chi connectivity index (χ1v) is 5.47. The zero-order chi connectivity index (χ0) is 9.97. The van der Waals surface area contributed by atoms with Crippen LogP contribution < -0.4 is 0 Å². The average molecular weight is 208 g/mol. The fraction of sp³-hybridized carbons (Fsp3) is 0.273. The van der Waals surface area contributed by atoms with Gasteiger partial charge in [0.05, 0.1) is 12.5 Å². The summed E-state index contributed by atoms with van der Waals surface area (Å²) in [5, 5.41) is 12.0. The van der Waals surface area contributed by atoms with E-state index >= 15 is 0 Å². The number of hydrogen-bond acceptors (Lipinski definition) is 3. The number of aryl methyl sites for hydroxylation is 1. The summed E-state index contributed by atoms with van der Waals surface area (Å²) < 4.78 is 4.95. The van der Waals surface area contributed by atoms with Crippen molar-refractivity contribution >= 4 is 11.3 Å². The Balaban J connectivity index is 2.31. The fourth-order valence-electron chi connectivity index (χ4n) is 1.46. The van der Waals surface area contributed by atoms with Crippen molar-refractivity contribution in [3.8, 4) is 0 Å². The summed E-state index contributed by atoms with van der Waals surface area (Å²) in [5.41, 5.74) is 2.03. The molecule has 0 fully saturated rings. The van der Waals surface area contributed by atoms with Gasteiger partial charge in [-0.05, 0) is 29.5 Å². The molecule has 0 spiro atoms. The van der Waals surface area contributed by atoms with Crippen LogP contribution in [0.5, 0.6) is 0 Å². The highest BCUT2D eigenvalue weighted by molar-refractivity contribution is 7.10. The number of rotatable bonds is 3. The van der Waals surface area contributed by atoms with E-state index < -0.39 is 6.10 Å². The standard InChI is InChI=1S/C11H12O2S/c1-2-8-4-6-14-11(8)10(12)9-3-5-13-7-9/h3-7,10,12H,2H2,1H3. The molecular formula is C11H12O2S. The van der Waals surface area contributed by atoms with E-state index in [2.05, 4.69) is 13.0 Å². The van der Waals surface area contributed by atoms with E-state index in [0.29, 0.717) is 0 Å².